The van der Waals surface area contributed by atoms with Crippen LogP contribution >= 0.6 is 12.2 Å². The molecule has 0 aliphatic rings. The maximum atomic E-state index is 13.3. The Hall–Kier alpha value is -3.93. The van der Waals surface area contributed by atoms with Gasteiger partial charge in [-0.1, -0.05) is 0 Å². The SMILES string of the molecule is COc1c2occc2c(OC)c2c(=O)c(/C=N/n3c(=S)[nH]nc(C)c3=O)c(N)oc12. The molecule has 3 heterocycles. The number of ether oxygens (including phenoxy) is 2. The summed E-state index contributed by atoms with van der Waals surface area (Å²) in [4.78, 5) is 25.5. The normalized spacial score (nSPS) is 11.6. The first-order valence-electron chi connectivity index (χ1n) is 8.49. The quantitative estimate of drug-likeness (QED) is 0.366. The van der Waals surface area contributed by atoms with Crippen LogP contribution in [0.3, 0.4) is 0 Å². The number of aryl methyl sites for hydroxylation is 1. The molecule has 154 valence electrons. The van der Waals surface area contributed by atoms with E-state index in [1.54, 1.807) is 6.07 Å². The molecular formula is C18H15N5O6S. The second kappa shape index (κ2) is 7.15. The average molecular weight is 429 g/mol. The highest BCUT2D eigenvalue weighted by atomic mass is 32.1. The number of fused-ring (bicyclic) bond motifs is 2. The van der Waals surface area contributed by atoms with Gasteiger partial charge < -0.3 is 24.0 Å². The van der Waals surface area contributed by atoms with Crippen LogP contribution in [-0.2, 0) is 0 Å². The molecule has 0 saturated heterocycles. The van der Waals surface area contributed by atoms with Gasteiger partial charge in [-0.05, 0) is 25.2 Å². The van der Waals surface area contributed by atoms with Crippen molar-refractivity contribution >= 4 is 46.3 Å². The van der Waals surface area contributed by atoms with E-state index in [4.69, 9.17) is 36.3 Å². The maximum absolute atomic E-state index is 13.3. The van der Waals surface area contributed by atoms with Crippen LogP contribution in [0.1, 0.15) is 11.3 Å². The van der Waals surface area contributed by atoms with Crippen molar-refractivity contribution in [2.45, 2.75) is 6.92 Å². The molecule has 3 aromatic heterocycles. The first-order chi connectivity index (χ1) is 14.4. The minimum Gasteiger partial charge on any atom is -0.495 e. The van der Waals surface area contributed by atoms with E-state index < -0.39 is 11.0 Å². The van der Waals surface area contributed by atoms with Gasteiger partial charge in [-0.2, -0.15) is 14.9 Å². The van der Waals surface area contributed by atoms with Crippen LogP contribution in [0.25, 0.3) is 21.9 Å². The molecule has 3 N–H and O–H groups in total. The van der Waals surface area contributed by atoms with Gasteiger partial charge in [-0.15, -0.1) is 0 Å². The first-order valence-corrected chi connectivity index (χ1v) is 8.90. The summed E-state index contributed by atoms with van der Waals surface area (Å²) in [7, 11) is 2.82. The van der Waals surface area contributed by atoms with Gasteiger partial charge in [0.05, 0.1) is 32.1 Å². The van der Waals surface area contributed by atoms with Crippen molar-refractivity contribution in [1.82, 2.24) is 14.9 Å². The van der Waals surface area contributed by atoms with Crippen LogP contribution in [0.4, 0.5) is 5.88 Å². The fourth-order valence-corrected chi connectivity index (χ4v) is 3.22. The summed E-state index contributed by atoms with van der Waals surface area (Å²) >= 11 is 5.02. The molecule has 0 radical (unpaired) electrons. The molecule has 0 aliphatic carbocycles. The predicted molar refractivity (Wildman–Crippen MR) is 111 cm³/mol. The lowest BCUT2D eigenvalue weighted by Gasteiger charge is -2.11. The van der Waals surface area contributed by atoms with E-state index in [0.29, 0.717) is 11.0 Å². The van der Waals surface area contributed by atoms with Gasteiger partial charge in [0, 0.05) is 0 Å². The van der Waals surface area contributed by atoms with Crippen molar-refractivity contribution in [3.05, 3.63) is 48.9 Å². The van der Waals surface area contributed by atoms with E-state index in [-0.39, 0.29) is 44.4 Å². The number of hydrogen-bond acceptors (Lipinski definition) is 10. The number of anilines is 1. The Bertz CT molecular complexity index is 1510. The molecule has 11 nitrogen and oxygen atoms in total. The lowest BCUT2D eigenvalue weighted by atomic mass is 10.1. The number of hydrogen-bond donors (Lipinski definition) is 2. The zero-order chi connectivity index (χ0) is 21.6. The number of methoxy groups -OCH3 is 2. The molecule has 0 bridgehead atoms. The third kappa shape index (κ3) is 2.76. The van der Waals surface area contributed by atoms with E-state index >= 15 is 0 Å². The summed E-state index contributed by atoms with van der Waals surface area (Å²) in [6, 6.07) is 1.64. The van der Waals surface area contributed by atoms with Crippen molar-refractivity contribution in [1.29, 1.82) is 0 Å². The van der Waals surface area contributed by atoms with E-state index in [1.807, 2.05) is 0 Å². The number of nitrogens with two attached hydrogens (primary N) is 1. The molecule has 1 aromatic carbocycles. The zero-order valence-electron chi connectivity index (χ0n) is 16.0. The fraction of sp³-hybridized carbons (Fsp3) is 0.167. The Balaban J connectivity index is 2.05. The number of aromatic amines is 1. The number of aromatic nitrogens is 3. The molecule has 0 amide bonds. The Morgan fingerprint density at radius 3 is 2.70 bits per heavy atom. The van der Waals surface area contributed by atoms with Gasteiger partial charge >= 0.3 is 0 Å². The third-order valence-electron chi connectivity index (χ3n) is 4.45. The predicted octanol–water partition coefficient (Wildman–Crippen LogP) is 1.94. The molecule has 12 heteroatoms. The van der Waals surface area contributed by atoms with E-state index in [0.717, 1.165) is 10.9 Å². The number of nitrogens with zero attached hydrogens (tertiary/aromatic N) is 3. The molecule has 4 aromatic rings. The molecule has 0 fully saturated rings. The largest absolute Gasteiger partial charge is 0.495 e. The van der Waals surface area contributed by atoms with Crippen molar-refractivity contribution in [3.8, 4) is 11.5 Å². The highest BCUT2D eigenvalue weighted by molar-refractivity contribution is 7.71. The number of rotatable bonds is 4. The van der Waals surface area contributed by atoms with Gasteiger partial charge in [-0.3, -0.25) is 14.7 Å². The number of nitrogens with one attached hydrogen (secondary N) is 1. The average Bonchev–Trinajstić information content (AvgIpc) is 3.20. The van der Waals surface area contributed by atoms with Gasteiger partial charge in [-0.25, -0.2) is 0 Å². The Morgan fingerprint density at radius 2 is 2.00 bits per heavy atom. The number of benzene rings is 1. The Labute approximate surface area is 172 Å². The molecular weight excluding hydrogens is 414 g/mol. The first kappa shape index (κ1) is 19.4. The Kier molecular flexibility index (Phi) is 4.62. The van der Waals surface area contributed by atoms with E-state index in [2.05, 4.69) is 15.3 Å². The van der Waals surface area contributed by atoms with E-state index in [1.165, 1.54) is 27.4 Å². The van der Waals surface area contributed by atoms with Crippen LogP contribution in [0.15, 0.2) is 35.9 Å². The lowest BCUT2D eigenvalue weighted by molar-refractivity contribution is 0.401. The maximum Gasteiger partial charge on any atom is 0.296 e. The van der Waals surface area contributed by atoms with Crippen molar-refractivity contribution < 1.29 is 18.3 Å². The molecule has 0 unspecified atom stereocenters. The zero-order valence-corrected chi connectivity index (χ0v) is 16.8. The highest BCUT2D eigenvalue weighted by Gasteiger charge is 2.24. The third-order valence-corrected chi connectivity index (χ3v) is 4.71. The summed E-state index contributed by atoms with van der Waals surface area (Å²) in [6.45, 7) is 1.49. The molecule has 4 rings (SSSR count). The molecule has 0 saturated carbocycles. The minimum atomic E-state index is -0.543. The van der Waals surface area contributed by atoms with Crippen LogP contribution in [0.5, 0.6) is 11.5 Å². The fourth-order valence-electron chi connectivity index (χ4n) is 3.05. The van der Waals surface area contributed by atoms with Crippen molar-refractivity contribution in [3.63, 3.8) is 0 Å². The number of nitrogen functional groups attached to an aromatic ring is 1. The van der Waals surface area contributed by atoms with Crippen LogP contribution in [-0.4, -0.2) is 35.3 Å². The summed E-state index contributed by atoms with van der Waals surface area (Å²) < 4.78 is 22.8. The van der Waals surface area contributed by atoms with Crippen LogP contribution in [0, 0.1) is 11.7 Å². The molecule has 0 atom stereocenters. The van der Waals surface area contributed by atoms with Crippen LogP contribution < -0.4 is 26.2 Å². The summed E-state index contributed by atoms with van der Waals surface area (Å²) in [5.74, 6) is 0.185. The second-order valence-electron chi connectivity index (χ2n) is 6.12. The Morgan fingerprint density at radius 1 is 1.27 bits per heavy atom. The smallest absolute Gasteiger partial charge is 0.296 e. The summed E-state index contributed by atoms with van der Waals surface area (Å²) in [5, 5.41) is 10.8. The van der Waals surface area contributed by atoms with Crippen molar-refractivity contribution in [2.75, 3.05) is 20.0 Å². The van der Waals surface area contributed by atoms with Gasteiger partial charge in [0.15, 0.2) is 11.2 Å². The number of furan rings is 1. The molecule has 0 aliphatic heterocycles. The standard InChI is InChI=1S/C18H15N5O6S/c1-7-17(25)23(18(30)22-21-7)20-6-9-11(24)10-12(26-2)8-4-5-28-13(8)15(27-3)14(10)29-16(9)19/h4-6H,19H2,1-3H3,(H,22,30)/b20-6+. The molecule has 30 heavy (non-hydrogen) atoms. The van der Waals surface area contributed by atoms with E-state index in [9.17, 15) is 9.59 Å². The lowest BCUT2D eigenvalue weighted by Crippen LogP contribution is -2.23. The number of H-pyrrole nitrogens is 1. The highest BCUT2D eigenvalue weighted by Crippen LogP contribution is 2.42. The summed E-state index contributed by atoms with van der Waals surface area (Å²) in [5.41, 5.74) is 5.35. The minimum absolute atomic E-state index is 0.0510. The monoisotopic (exact) mass is 429 g/mol. The van der Waals surface area contributed by atoms with Crippen molar-refractivity contribution in [2.24, 2.45) is 5.10 Å². The van der Waals surface area contributed by atoms with Gasteiger partial charge in [0.2, 0.25) is 21.8 Å². The summed E-state index contributed by atoms with van der Waals surface area (Å²) in [6.07, 6.45) is 2.53. The molecule has 0 spiro atoms. The van der Waals surface area contributed by atoms with Gasteiger partial charge in [0.25, 0.3) is 5.56 Å². The second-order valence-corrected chi connectivity index (χ2v) is 6.51. The van der Waals surface area contributed by atoms with Crippen LogP contribution in [0.2, 0.25) is 0 Å². The topological polar surface area (TPSA) is 151 Å². The van der Waals surface area contributed by atoms with Gasteiger partial charge in [0.1, 0.15) is 22.4 Å².